The summed E-state index contributed by atoms with van der Waals surface area (Å²) in [7, 11) is 0. The Bertz CT molecular complexity index is 150. The molecule has 1 N–H and O–H groups in total. The van der Waals surface area contributed by atoms with E-state index in [1.807, 2.05) is 13.8 Å². The van der Waals surface area contributed by atoms with Crippen molar-refractivity contribution in [3.8, 4) is 0 Å². The maximum absolute atomic E-state index is 8.71. The van der Waals surface area contributed by atoms with Gasteiger partial charge in [-0.1, -0.05) is 12.7 Å². The highest BCUT2D eigenvalue weighted by atomic mass is 16.3. The first-order valence-corrected chi connectivity index (χ1v) is 3.52. The number of aliphatic hydroxyl groups is 1. The molecular formula is C10H18O. The molecule has 0 radical (unpaired) electrons. The van der Waals surface area contributed by atoms with Crippen LogP contribution in [0.4, 0.5) is 0 Å². The first-order valence-electron chi connectivity index (χ1n) is 3.52. The summed E-state index contributed by atoms with van der Waals surface area (Å²) in [5, 5.41) is 8.71. The van der Waals surface area contributed by atoms with Gasteiger partial charge in [0.2, 0.25) is 0 Å². The Morgan fingerprint density at radius 2 is 1.64 bits per heavy atom. The zero-order chi connectivity index (χ0) is 9.49. The fourth-order valence-electron chi connectivity index (χ4n) is 0. The van der Waals surface area contributed by atoms with Gasteiger partial charge in [-0.05, 0) is 33.3 Å². The molecule has 0 unspecified atom stereocenters. The van der Waals surface area contributed by atoms with E-state index in [4.69, 9.17) is 5.11 Å². The predicted octanol–water partition coefficient (Wildman–Crippen LogP) is 2.68. The molecule has 0 heterocycles. The van der Waals surface area contributed by atoms with Crippen molar-refractivity contribution in [2.24, 2.45) is 0 Å². The van der Waals surface area contributed by atoms with Gasteiger partial charge in [0.25, 0.3) is 0 Å². The number of hydrogen-bond donors (Lipinski definition) is 1. The van der Waals surface area contributed by atoms with Crippen LogP contribution in [0.1, 0.15) is 27.7 Å². The van der Waals surface area contributed by atoms with Gasteiger partial charge < -0.3 is 5.11 Å². The molecule has 0 spiro atoms. The van der Waals surface area contributed by atoms with Crippen molar-refractivity contribution in [3.63, 3.8) is 0 Å². The van der Waals surface area contributed by atoms with Crippen LogP contribution in [0, 0.1) is 0 Å². The van der Waals surface area contributed by atoms with E-state index < -0.39 is 5.60 Å². The van der Waals surface area contributed by atoms with E-state index in [1.165, 1.54) is 6.08 Å². The molecule has 0 aromatic carbocycles. The SMILES string of the molecule is C=C=C(C)C.C=CC(C)(C)O. The molecule has 0 aromatic heterocycles. The molecule has 0 atom stereocenters. The van der Waals surface area contributed by atoms with Gasteiger partial charge in [-0.2, -0.15) is 0 Å². The Hall–Kier alpha value is -0.780. The van der Waals surface area contributed by atoms with Crippen molar-refractivity contribution in [3.05, 3.63) is 30.5 Å². The smallest absolute Gasteiger partial charge is 0.0769 e. The van der Waals surface area contributed by atoms with Crippen LogP contribution in [0.3, 0.4) is 0 Å². The zero-order valence-corrected chi connectivity index (χ0v) is 7.94. The maximum Gasteiger partial charge on any atom is 0.0769 e. The summed E-state index contributed by atoms with van der Waals surface area (Å²) in [5.41, 5.74) is 3.14. The molecule has 0 saturated carbocycles. The quantitative estimate of drug-likeness (QED) is 0.455. The molecule has 0 rings (SSSR count). The third-order valence-corrected chi connectivity index (χ3v) is 0.853. The van der Waals surface area contributed by atoms with Crippen molar-refractivity contribution >= 4 is 0 Å². The molecule has 0 amide bonds. The lowest BCUT2D eigenvalue weighted by Gasteiger charge is -2.07. The first kappa shape index (κ1) is 12.9. The first-order chi connectivity index (χ1) is 4.83. The fraction of sp³-hybridized carbons (Fsp3) is 0.500. The van der Waals surface area contributed by atoms with Crippen molar-refractivity contribution < 1.29 is 5.11 Å². The van der Waals surface area contributed by atoms with Crippen LogP contribution in [0.5, 0.6) is 0 Å². The van der Waals surface area contributed by atoms with Crippen molar-refractivity contribution in [2.75, 3.05) is 0 Å². The van der Waals surface area contributed by atoms with Gasteiger partial charge in [-0.15, -0.1) is 12.3 Å². The summed E-state index contributed by atoms with van der Waals surface area (Å²) in [5.74, 6) is 0. The summed E-state index contributed by atoms with van der Waals surface area (Å²) in [4.78, 5) is 0. The Labute approximate surface area is 69.8 Å². The Balaban J connectivity index is 0. The summed E-state index contributed by atoms with van der Waals surface area (Å²) >= 11 is 0. The highest BCUT2D eigenvalue weighted by Gasteiger charge is 2.02. The average molecular weight is 154 g/mol. The summed E-state index contributed by atoms with van der Waals surface area (Å²) in [6, 6.07) is 0. The maximum atomic E-state index is 8.71. The molecule has 0 aromatic rings. The molecule has 1 heteroatoms. The number of rotatable bonds is 1. The minimum atomic E-state index is -0.694. The largest absolute Gasteiger partial charge is 0.386 e. The minimum Gasteiger partial charge on any atom is -0.386 e. The second-order valence-corrected chi connectivity index (χ2v) is 3.03. The molecule has 0 aliphatic carbocycles. The summed E-state index contributed by atoms with van der Waals surface area (Å²) < 4.78 is 0. The average Bonchev–Trinajstić information content (AvgIpc) is 1.88. The summed E-state index contributed by atoms with van der Waals surface area (Å²) in [6.45, 7) is 14.1. The monoisotopic (exact) mass is 154 g/mol. The molecule has 1 nitrogen and oxygen atoms in total. The second-order valence-electron chi connectivity index (χ2n) is 3.03. The molecule has 0 saturated heterocycles. The van der Waals surface area contributed by atoms with Gasteiger partial charge in [-0.25, -0.2) is 0 Å². The third kappa shape index (κ3) is 27.0. The predicted molar refractivity (Wildman–Crippen MR) is 50.5 cm³/mol. The normalized spacial score (nSPS) is 8.82. The fourth-order valence-corrected chi connectivity index (χ4v) is 0. The molecule has 11 heavy (non-hydrogen) atoms. The Kier molecular flexibility index (Phi) is 6.97. The molecular weight excluding hydrogens is 136 g/mol. The van der Waals surface area contributed by atoms with Gasteiger partial charge in [0.15, 0.2) is 0 Å². The van der Waals surface area contributed by atoms with Crippen LogP contribution in [0.2, 0.25) is 0 Å². The minimum absolute atomic E-state index is 0.694. The molecule has 0 fully saturated rings. The third-order valence-electron chi connectivity index (χ3n) is 0.853. The van der Waals surface area contributed by atoms with Crippen molar-refractivity contribution in [1.82, 2.24) is 0 Å². The van der Waals surface area contributed by atoms with Gasteiger partial charge in [0.05, 0.1) is 5.60 Å². The van der Waals surface area contributed by atoms with Gasteiger partial charge in [-0.3, -0.25) is 0 Å². The van der Waals surface area contributed by atoms with Crippen molar-refractivity contribution in [2.45, 2.75) is 33.3 Å². The Morgan fingerprint density at radius 1 is 1.45 bits per heavy atom. The van der Waals surface area contributed by atoms with E-state index in [0.717, 1.165) is 5.57 Å². The van der Waals surface area contributed by atoms with Crippen LogP contribution in [0.15, 0.2) is 30.5 Å². The van der Waals surface area contributed by atoms with Gasteiger partial charge in [0.1, 0.15) is 0 Å². The summed E-state index contributed by atoms with van der Waals surface area (Å²) in [6.07, 6.45) is 1.49. The van der Waals surface area contributed by atoms with E-state index >= 15 is 0 Å². The topological polar surface area (TPSA) is 20.2 Å². The molecule has 64 valence electrons. The lowest BCUT2D eigenvalue weighted by atomic mass is 10.1. The molecule has 0 bridgehead atoms. The zero-order valence-electron chi connectivity index (χ0n) is 7.94. The van der Waals surface area contributed by atoms with E-state index in [1.54, 1.807) is 13.8 Å². The van der Waals surface area contributed by atoms with Crippen LogP contribution in [-0.4, -0.2) is 10.7 Å². The second kappa shape index (κ2) is 5.96. The van der Waals surface area contributed by atoms with Crippen LogP contribution < -0.4 is 0 Å². The van der Waals surface area contributed by atoms with E-state index in [0.29, 0.717) is 0 Å². The van der Waals surface area contributed by atoms with Gasteiger partial charge >= 0.3 is 0 Å². The van der Waals surface area contributed by atoms with E-state index in [-0.39, 0.29) is 0 Å². The van der Waals surface area contributed by atoms with Crippen molar-refractivity contribution in [1.29, 1.82) is 0 Å². The number of hydrogen-bond acceptors (Lipinski definition) is 1. The van der Waals surface area contributed by atoms with E-state index in [2.05, 4.69) is 18.9 Å². The van der Waals surface area contributed by atoms with E-state index in [9.17, 15) is 0 Å². The lowest BCUT2D eigenvalue weighted by molar-refractivity contribution is 0.133. The standard InChI is InChI=1S/C5H10O.C5H8/c1-4-5(2,3)6;1-4-5(2)3/h4,6H,1H2,2-3H3;1H2,2-3H3. The van der Waals surface area contributed by atoms with Crippen LogP contribution in [-0.2, 0) is 0 Å². The molecule has 0 aliphatic heterocycles. The lowest BCUT2D eigenvalue weighted by Crippen LogP contribution is -2.12. The highest BCUT2D eigenvalue weighted by Crippen LogP contribution is 1.98. The molecule has 0 aliphatic rings. The van der Waals surface area contributed by atoms with Gasteiger partial charge in [0, 0.05) is 0 Å². The van der Waals surface area contributed by atoms with Crippen LogP contribution >= 0.6 is 0 Å². The number of allylic oxidation sites excluding steroid dienone is 1. The van der Waals surface area contributed by atoms with Crippen LogP contribution in [0.25, 0.3) is 0 Å². The highest BCUT2D eigenvalue weighted by molar-refractivity contribution is 4.87. The Morgan fingerprint density at radius 3 is 1.64 bits per heavy atom.